The molecule has 0 saturated carbocycles. The van der Waals surface area contributed by atoms with Crippen LogP contribution in [0.5, 0.6) is 0 Å². The molecule has 1 aliphatic heterocycles. The van der Waals surface area contributed by atoms with Gasteiger partial charge in [0, 0.05) is 35.9 Å². The summed E-state index contributed by atoms with van der Waals surface area (Å²) in [6, 6.07) is 0.383. The van der Waals surface area contributed by atoms with Gasteiger partial charge in [0.05, 0.1) is 0 Å². The third-order valence-electron chi connectivity index (χ3n) is 5.03. The lowest BCUT2D eigenvalue weighted by molar-refractivity contribution is 0.0775. The molecule has 1 atom stereocenters. The van der Waals surface area contributed by atoms with Crippen LogP contribution in [0.4, 0.5) is 0 Å². The average molecular weight is 348 g/mol. The lowest BCUT2D eigenvalue weighted by Gasteiger charge is -2.26. The molecule has 1 amide bonds. The number of nitrogens with zero attached hydrogens (tertiary/aromatic N) is 4. The molecule has 3 rings (SSSR count). The van der Waals surface area contributed by atoms with Gasteiger partial charge in [-0.25, -0.2) is 4.98 Å². The highest BCUT2D eigenvalue weighted by Gasteiger charge is 2.31. The number of fused-ring (bicyclic) bond motifs is 1. The van der Waals surface area contributed by atoms with Gasteiger partial charge >= 0.3 is 0 Å². The summed E-state index contributed by atoms with van der Waals surface area (Å²) in [6.07, 6.45) is 2.40. The first-order valence-electron chi connectivity index (χ1n) is 8.49. The number of carbonyl (C=O) groups excluding carboxylic acids is 1. The Labute approximate surface area is 145 Å². The second-order valence-electron chi connectivity index (χ2n) is 6.25. The molecule has 0 N–H and O–H groups in total. The van der Waals surface area contributed by atoms with Crippen molar-refractivity contribution in [2.24, 2.45) is 0 Å². The summed E-state index contributed by atoms with van der Waals surface area (Å²) >= 11 is 1.48. The average Bonchev–Trinajstić information content (AvgIpc) is 3.15. The molecule has 2 aromatic heterocycles. The van der Waals surface area contributed by atoms with Crippen LogP contribution in [0.25, 0.3) is 4.96 Å². The van der Waals surface area contributed by atoms with Crippen LogP contribution >= 0.6 is 11.3 Å². The van der Waals surface area contributed by atoms with E-state index in [-0.39, 0.29) is 17.0 Å². The predicted molar refractivity (Wildman–Crippen MR) is 96.0 cm³/mol. The largest absolute Gasteiger partial charge is 0.337 e. The molecule has 0 aliphatic carbocycles. The SMILES string of the molecule is CCN(CC)C1CCN(C(=O)c2cnc3sc(C)c(C)n3c2=O)C1. The first-order chi connectivity index (χ1) is 11.5. The third kappa shape index (κ3) is 2.75. The van der Waals surface area contributed by atoms with E-state index in [1.165, 1.54) is 17.5 Å². The van der Waals surface area contributed by atoms with E-state index in [9.17, 15) is 9.59 Å². The van der Waals surface area contributed by atoms with Crippen LogP contribution in [0.15, 0.2) is 11.0 Å². The number of aryl methyl sites for hydroxylation is 2. The van der Waals surface area contributed by atoms with Gasteiger partial charge in [-0.05, 0) is 33.4 Å². The van der Waals surface area contributed by atoms with E-state index in [0.29, 0.717) is 24.1 Å². The summed E-state index contributed by atoms with van der Waals surface area (Å²) in [7, 11) is 0. The van der Waals surface area contributed by atoms with Crippen LogP contribution in [0.1, 0.15) is 41.2 Å². The minimum atomic E-state index is -0.252. The standard InChI is InChI=1S/C17H24N4O2S/c1-5-19(6-2)13-7-8-20(10-13)15(22)14-9-18-17-21(16(14)23)11(3)12(4)24-17/h9,13H,5-8,10H2,1-4H3. The summed E-state index contributed by atoms with van der Waals surface area (Å²) < 4.78 is 1.56. The second kappa shape index (κ2) is 6.64. The number of amides is 1. The van der Waals surface area contributed by atoms with Gasteiger partial charge in [0.15, 0.2) is 4.96 Å². The Morgan fingerprint density at radius 1 is 1.38 bits per heavy atom. The Hall–Kier alpha value is -1.73. The summed E-state index contributed by atoms with van der Waals surface area (Å²) in [5.41, 5.74) is 0.788. The van der Waals surface area contributed by atoms with Crippen LogP contribution in [0, 0.1) is 13.8 Å². The highest BCUT2D eigenvalue weighted by Crippen LogP contribution is 2.20. The molecule has 1 fully saturated rings. The van der Waals surface area contributed by atoms with Crippen molar-refractivity contribution in [3.05, 3.63) is 32.7 Å². The van der Waals surface area contributed by atoms with Crippen molar-refractivity contribution in [3.8, 4) is 0 Å². The van der Waals surface area contributed by atoms with Crippen molar-refractivity contribution in [3.63, 3.8) is 0 Å². The maximum Gasteiger partial charge on any atom is 0.271 e. The van der Waals surface area contributed by atoms with Crippen molar-refractivity contribution in [2.45, 2.75) is 40.2 Å². The van der Waals surface area contributed by atoms with Crippen LogP contribution < -0.4 is 5.56 Å². The summed E-state index contributed by atoms with van der Waals surface area (Å²) in [4.78, 5) is 35.8. The topological polar surface area (TPSA) is 57.9 Å². The maximum absolute atomic E-state index is 12.8. The Morgan fingerprint density at radius 3 is 2.75 bits per heavy atom. The Morgan fingerprint density at radius 2 is 2.08 bits per heavy atom. The van der Waals surface area contributed by atoms with Gasteiger partial charge in [0.2, 0.25) is 0 Å². The van der Waals surface area contributed by atoms with Crippen molar-refractivity contribution in [1.29, 1.82) is 0 Å². The highest BCUT2D eigenvalue weighted by atomic mass is 32.1. The van der Waals surface area contributed by atoms with E-state index < -0.39 is 0 Å². The molecule has 1 saturated heterocycles. The van der Waals surface area contributed by atoms with Gasteiger partial charge in [-0.15, -0.1) is 11.3 Å². The van der Waals surface area contributed by atoms with Gasteiger partial charge in [0.25, 0.3) is 11.5 Å². The monoisotopic (exact) mass is 348 g/mol. The van der Waals surface area contributed by atoms with Crippen molar-refractivity contribution < 1.29 is 4.79 Å². The fraction of sp³-hybridized carbons (Fsp3) is 0.588. The van der Waals surface area contributed by atoms with Crippen molar-refractivity contribution >= 4 is 22.2 Å². The predicted octanol–water partition coefficient (Wildman–Crippen LogP) is 1.93. The number of rotatable bonds is 4. The zero-order valence-electron chi connectivity index (χ0n) is 14.7. The summed E-state index contributed by atoms with van der Waals surface area (Å²) in [6.45, 7) is 11.5. The number of hydrogen-bond acceptors (Lipinski definition) is 5. The lowest BCUT2D eigenvalue weighted by atomic mass is 10.2. The molecule has 130 valence electrons. The van der Waals surface area contributed by atoms with E-state index in [0.717, 1.165) is 30.1 Å². The van der Waals surface area contributed by atoms with Crippen LogP contribution in [-0.2, 0) is 0 Å². The number of hydrogen-bond donors (Lipinski definition) is 0. The normalized spacial score (nSPS) is 18.0. The second-order valence-corrected chi connectivity index (χ2v) is 7.44. The highest BCUT2D eigenvalue weighted by molar-refractivity contribution is 7.17. The van der Waals surface area contributed by atoms with Gasteiger partial charge in [-0.2, -0.15) is 0 Å². The maximum atomic E-state index is 12.8. The quantitative estimate of drug-likeness (QED) is 0.847. The zero-order chi connectivity index (χ0) is 17.4. The number of thiazole rings is 1. The van der Waals surface area contributed by atoms with Gasteiger partial charge in [-0.3, -0.25) is 18.9 Å². The molecule has 24 heavy (non-hydrogen) atoms. The van der Waals surface area contributed by atoms with Crippen LogP contribution in [0.2, 0.25) is 0 Å². The molecule has 0 aromatic carbocycles. The van der Waals surface area contributed by atoms with Crippen LogP contribution in [-0.4, -0.2) is 57.3 Å². The minimum absolute atomic E-state index is 0.175. The molecular weight excluding hydrogens is 324 g/mol. The minimum Gasteiger partial charge on any atom is -0.337 e. The fourth-order valence-electron chi connectivity index (χ4n) is 3.46. The number of likely N-dealkylation sites (N-methyl/N-ethyl adjacent to an activating group) is 1. The molecule has 0 spiro atoms. The van der Waals surface area contributed by atoms with E-state index in [4.69, 9.17) is 0 Å². The van der Waals surface area contributed by atoms with E-state index in [1.54, 1.807) is 9.30 Å². The van der Waals surface area contributed by atoms with Crippen LogP contribution in [0.3, 0.4) is 0 Å². The molecule has 1 unspecified atom stereocenters. The zero-order valence-corrected chi connectivity index (χ0v) is 15.5. The molecule has 3 heterocycles. The fourth-order valence-corrected chi connectivity index (χ4v) is 4.39. The first-order valence-corrected chi connectivity index (χ1v) is 9.30. The molecule has 1 aliphatic rings. The Bertz CT molecular complexity index is 822. The lowest BCUT2D eigenvalue weighted by Crippen LogP contribution is -2.40. The summed E-state index contributed by atoms with van der Waals surface area (Å²) in [5.74, 6) is -0.195. The molecular formula is C17H24N4O2S. The van der Waals surface area contributed by atoms with E-state index in [1.807, 2.05) is 13.8 Å². The summed E-state index contributed by atoms with van der Waals surface area (Å²) in [5, 5.41) is 0. The smallest absolute Gasteiger partial charge is 0.271 e. The van der Waals surface area contributed by atoms with Gasteiger partial charge < -0.3 is 4.90 Å². The third-order valence-corrected chi connectivity index (χ3v) is 6.10. The van der Waals surface area contributed by atoms with E-state index in [2.05, 4.69) is 23.7 Å². The number of aromatic nitrogens is 2. The number of likely N-dealkylation sites (tertiary alicyclic amines) is 1. The molecule has 7 heteroatoms. The Kier molecular flexibility index (Phi) is 4.73. The first kappa shape index (κ1) is 17.1. The number of carbonyl (C=O) groups is 1. The Balaban J connectivity index is 1.89. The van der Waals surface area contributed by atoms with Gasteiger partial charge in [0.1, 0.15) is 5.56 Å². The van der Waals surface area contributed by atoms with Crippen molar-refractivity contribution in [1.82, 2.24) is 19.2 Å². The van der Waals surface area contributed by atoms with Crippen molar-refractivity contribution in [2.75, 3.05) is 26.2 Å². The van der Waals surface area contributed by atoms with E-state index >= 15 is 0 Å². The molecule has 2 aromatic rings. The molecule has 0 bridgehead atoms. The molecule has 6 nitrogen and oxygen atoms in total. The molecule has 0 radical (unpaired) electrons. The van der Waals surface area contributed by atoms with Gasteiger partial charge in [-0.1, -0.05) is 13.8 Å².